The van der Waals surface area contributed by atoms with E-state index in [2.05, 4.69) is 9.88 Å². The molecule has 0 amide bonds. The van der Waals surface area contributed by atoms with E-state index in [0.717, 1.165) is 25.9 Å². The van der Waals surface area contributed by atoms with E-state index in [4.69, 9.17) is 16.3 Å². The molecule has 4 nitrogen and oxygen atoms in total. The molecule has 1 aromatic rings. The Morgan fingerprint density at radius 3 is 3.18 bits per heavy atom. The van der Waals surface area contributed by atoms with E-state index in [0.29, 0.717) is 5.56 Å². The highest BCUT2D eigenvalue weighted by atomic mass is 35.5. The zero-order valence-corrected chi connectivity index (χ0v) is 10.5. The number of esters is 1. The van der Waals surface area contributed by atoms with Gasteiger partial charge in [-0.3, -0.25) is 0 Å². The fourth-order valence-electron chi connectivity index (χ4n) is 1.97. The summed E-state index contributed by atoms with van der Waals surface area (Å²) in [6, 6.07) is 3.31. The lowest BCUT2D eigenvalue weighted by atomic mass is 10.1. The molecule has 5 heteroatoms. The van der Waals surface area contributed by atoms with Crippen LogP contribution in [0, 0.1) is 0 Å². The van der Waals surface area contributed by atoms with E-state index < -0.39 is 0 Å². The van der Waals surface area contributed by atoms with E-state index in [9.17, 15) is 4.79 Å². The predicted molar refractivity (Wildman–Crippen MR) is 65.2 cm³/mol. The van der Waals surface area contributed by atoms with Crippen LogP contribution in [0.2, 0.25) is 5.15 Å². The van der Waals surface area contributed by atoms with E-state index in [-0.39, 0.29) is 17.2 Å². The molecule has 92 valence electrons. The second-order valence-corrected chi connectivity index (χ2v) is 4.63. The van der Waals surface area contributed by atoms with Crippen molar-refractivity contribution in [1.82, 2.24) is 9.88 Å². The van der Waals surface area contributed by atoms with Gasteiger partial charge >= 0.3 is 5.97 Å². The van der Waals surface area contributed by atoms with Crippen molar-refractivity contribution in [3.8, 4) is 0 Å². The van der Waals surface area contributed by atoms with E-state index in [1.165, 1.54) is 0 Å². The number of ether oxygens (including phenoxy) is 1. The SMILES string of the molecule is CN1CCCC(OC(=O)c2cccnc2Cl)C1. The van der Waals surface area contributed by atoms with Crippen molar-refractivity contribution in [2.24, 2.45) is 0 Å². The minimum Gasteiger partial charge on any atom is -0.457 e. The summed E-state index contributed by atoms with van der Waals surface area (Å²) >= 11 is 5.84. The van der Waals surface area contributed by atoms with E-state index in [1.54, 1.807) is 18.3 Å². The van der Waals surface area contributed by atoms with Crippen LogP contribution in [0.1, 0.15) is 23.2 Å². The first-order chi connectivity index (χ1) is 8.16. The Balaban J connectivity index is 1.99. The number of hydrogen-bond acceptors (Lipinski definition) is 4. The van der Waals surface area contributed by atoms with Crippen LogP contribution in [-0.4, -0.2) is 42.1 Å². The van der Waals surface area contributed by atoms with E-state index in [1.807, 2.05) is 7.05 Å². The van der Waals surface area contributed by atoms with Crippen LogP contribution in [0.15, 0.2) is 18.3 Å². The molecule has 0 aromatic carbocycles. The third-order valence-corrected chi connectivity index (χ3v) is 3.14. The summed E-state index contributed by atoms with van der Waals surface area (Å²) in [6.45, 7) is 1.84. The first-order valence-electron chi connectivity index (χ1n) is 5.67. The third kappa shape index (κ3) is 3.17. The van der Waals surface area contributed by atoms with Gasteiger partial charge in [-0.2, -0.15) is 0 Å². The van der Waals surface area contributed by atoms with Crippen molar-refractivity contribution in [2.45, 2.75) is 18.9 Å². The smallest absolute Gasteiger partial charge is 0.341 e. The lowest BCUT2D eigenvalue weighted by Crippen LogP contribution is -2.38. The first-order valence-corrected chi connectivity index (χ1v) is 6.04. The lowest BCUT2D eigenvalue weighted by Gasteiger charge is -2.29. The Hall–Kier alpha value is -1.13. The molecule has 0 saturated carbocycles. The number of rotatable bonds is 2. The van der Waals surface area contributed by atoms with Crippen LogP contribution < -0.4 is 0 Å². The summed E-state index contributed by atoms with van der Waals surface area (Å²) in [5, 5.41) is 0.196. The normalized spacial score (nSPS) is 21.2. The molecule has 0 bridgehead atoms. The van der Waals surface area contributed by atoms with Crippen molar-refractivity contribution >= 4 is 17.6 Å². The Kier molecular flexibility index (Phi) is 3.97. The number of nitrogens with zero attached hydrogens (tertiary/aromatic N) is 2. The number of piperidine rings is 1. The summed E-state index contributed by atoms with van der Waals surface area (Å²) in [5.41, 5.74) is 0.336. The largest absolute Gasteiger partial charge is 0.457 e. The van der Waals surface area contributed by atoms with Crippen LogP contribution in [0.5, 0.6) is 0 Å². The molecule has 1 saturated heterocycles. The van der Waals surface area contributed by atoms with Gasteiger partial charge in [0.2, 0.25) is 0 Å². The number of aromatic nitrogens is 1. The Morgan fingerprint density at radius 2 is 2.47 bits per heavy atom. The fraction of sp³-hybridized carbons (Fsp3) is 0.500. The average molecular weight is 255 g/mol. The Bertz CT molecular complexity index is 411. The highest BCUT2D eigenvalue weighted by molar-refractivity contribution is 6.32. The summed E-state index contributed by atoms with van der Waals surface area (Å²) in [4.78, 5) is 17.9. The van der Waals surface area contributed by atoms with Crippen molar-refractivity contribution in [3.05, 3.63) is 29.0 Å². The van der Waals surface area contributed by atoms with Crippen molar-refractivity contribution in [1.29, 1.82) is 0 Å². The highest BCUT2D eigenvalue weighted by Gasteiger charge is 2.22. The van der Waals surface area contributed by atoms with Crippen LogP contribution >= 0.6 is 11.6 Å². The maximum absolute atomic E-state index is 11.9. The molecule has 2 heterocycles. The van der Waals surface area contributed by atoms with Gasteiger partial charge < -0.3 is 9.64 Å². The summed E-state index contributed by atoms with van der Waals surface area (Å²) in [6.07, 6.45) is 3.47. The second-order valence-electron chi connectivity index (χ2n) is 4.27. The Morgan fingerprint density at radius 1 is 1.65 bits per heavy atom. The zero-order valence-electron chi connectivity index (χ0n) is 9.73. The number of pyridine rings is 1. The van der Waals surface area contributed by atoms with Crippen LogP contribution in [0.3, 0.4) is 0 Å². The molecule has 17 heavy (non-hydrogen) atoms. The van der Waals surface area contributed by atoms with Crippen molar-refractivity contribution in [2.75, 3.05) is 20.1 Å². The maximum atomic E-state index is 11.9. The zero-order chi connectivity index (χ0) is 12.3. The van der Waals surface area contributed by atoms with Gasteiger partial charge in [-0.05, 0) is 38.6 Å². The third-order valence-electron chi connectivity index (χ3n) is 2.83. The molecule has 0 N–H and O–H groups in total. The standard InChI is InChI=1S/C12H15ClN2O2/c1-15-7-3-4-9(8-15)17-12(16)10-5-2-6-14-11(10)13/h2,5-6,9H,3-4,7-8H2,1H3. The van der Waals surface area contributed by atoms with Crippen LogP contribution in [0.25, 0.3) is 0 Å². The monoisotopic (exact) mass is 254 g/mol. The number of likely N-dealkylation sites (N-methyl/N-ethyl adjacent to an activating group) is 1. The van der Waals surface area contributed by atoms with Crippen LogP contribution in [0.4, 0.5) is 0 Å². The maximum Gasteiger partial charge on any atom is 0.341 e. The van der Waals surface area contributed by atoms with Gasteiger partial charge in [0.05, 0.1) is 5.56 Å². The molecule has 2 rings (SSSR count). The second kappa shape index (κ2) is 5.47. The molecule has 1 aliphatic rings. The minimum absolute atomic E-state index is 0.0440. The number of likely N-dealkylation sites (tertiary alicyclic amines) is 1. The molecular formula is C12H15ClN2O2. The van der Waals surface area contributed by atoms with Gasteiger partial charge in [0.25, 0.3) is 0 Å². The van der Waals surface area contributed by atoms with Gasteiger partial charge in [0.15, 0.2) is 0 Å². The number of halogens is 1. The average Bonchev–Trinajstić information content (AvgIpc) is 2.29. The summed E-state index contributed by atoms with van der Waals surface area (Å²) in [5.74, 6) is -0.386. The van der Waals surface area contributed by atoms with E-state index >= 15 is 0 Å². The summed E-state index contributed by atoms with van der Waals surface area (Å²) < 4.78 is 5.42. The number of hydrogen-bond donors (Lipinski definition) is 0. The van der Waals surface area contributed by atoms with Crippen molar-refractivity contribution in [3.63, 3.8) is 0 Å². The topological polar surface area (TPSA) is 42.4 Å². The highest BCUT2D eigenvalue weighted by Crippen LogP contribution is 2.17. The molecule has 0 spiro atoms. The lowest BCUT2D eigenvalue weighted by molar-refractivity contribution is 0.0108. The fourth-order valence-corrected chi connectivity index (χ4v) is 2.16. The number of carbonyl (C=O) groups excluding carboxylic acids is 1. The summed E-state index contributed by atoms with van der Waals surface area (Å²) in [7, 11) is 2.02. The molecule has 1 unspecified atom stereocenters. The first kappa shape index (κ1) is 12.3. The van der Waals surface area contributed by atoms with Gasteiger partial charge in [0, 0.05) is 12.7 Å². The quantitative estimate of drug-likeness (QED) is 0.598. The van der Waals surface area contributed by atoms with Crippen LogP contribution in [-0.2, 0) is 4.74 Å². The van der Waals surface area contributed by atoms with Gasteiger partial charge in [-0.1, -0.05) is 11.6 Å². The molecule has 1 aromatic heterocycles. The number of carbonyl (C=O) groups is 1. The molecular weight excluding hydrogens is 240 g/mol. The molecule has 1 atom stereocenters. The molecule has 0 aliphatic carbocycles. The molecule has 1 fully saturated rings. The van der Waals surface area contributed by atoms with Gasteiger partial charge in [0.1, 0.15) is 11.3 Å². The van der Waals surface area contributed by atoms with Gasteiger partial charge in [-0.25, -0.2) is 9.78 Å². The minimum atomic E-state index is -0.386. The predicted octanol–water partition coefficient (Wildman–Crippen LogP) is 1.99. The van der Waals surface area contributed by atoms with Crippen molar-refractivity contribution < 1.29 is 9.53 Å². The molecule has 1 aliphatic heterocycles. The Labute approximate surface area is 106 Å². The van der Waals surface area contributed by atoms with Gasteiger partial charge in [-0.15, -0.1) is 0 Å². The molecule has 0 radical (unpaired) electrons.